The molecule has 2 aliphatic carbocycles. The Morgan fingerprint density at radius 2 is 1.72 bits per heavy atom. The van der Waals surface area contributed by atoms with E-state index in [1.165, 1.54) is 30.1 Å². The average molecular weight is 803 g/mol. The minimum Gasteiger partial charge on any atom is -0.507 e. The molecule has 3 fully saturated rings. The van der Waals surface area contributed by atoms with E-state index in [0.717, 1.165) is 26.1 Å². The van der Waals surface area contributed by atoms with Gasteiger partial charge in [0.1, 0.15) is 28.8 Å². The summed E-state index contributed by atoms with van der Waals surface area (Å²) in [7, 11) is 4.64. The maximum absolute atomic E-state index is 15.3. The molecule has 0 bridgehead atoms. The second kappa shape index (κ2) is 13.2. The molecule has 1 N–H and O–H groups in total. The van der Waals surface area contributed by atoms with Crippen molar-refractivity contribution in [3.8, 4) is 27.8 Å². The van der Waals surface area contributed by atoms with E-state index in [1.54, 1.807) is 72.5 Å². The fourth-order valence-corrected chi connectivity index (χ4v) is 11.3. The molecule has 9 rings (SSSR count). The second-order valence-corrected chi connectivity index (χ2v) is 16.9. The van der Waals surface area contributed by atoms with Crippen molar-refractivity contribution >= 4 is 74.2 Å². The molecule has 6 unspecified atom stereocenters. The van der Waals surface area contributed by atoms with Crippen molar-refractivity contribution in [1.82, 2.24) is 9.78 Å². The highest BCUT2D eigenvalue weighted by Crippen LogP contribution is 2.66. The Labute approximate surface area is 337 Å². The monoisotopic (exact) mass is 802 g/mol. The molecule has 1 saturated carbocycles. The molecule has 3 aromatic carbocycles. The maximum Gasteiger partial charge on any atom is 0.242 e. The van der Waals surface area contributed by atoms with Crippen molar-refractivity contribution in [3.63, 3.8) is 0 Å². The Morgan fingerprint density at radius 3 is 2.42 bits per heavy atom. The van der Waals surface area contributed by atoms with Gasteiger partial charge in [-0.3, -0.25) is 28.8 Å². The lowest BCUT2D eigenvalue weighted by Crippen LogP contribution is -2.49. The first-order valence-electron chi connectivity index (χ1n) is 18.7. The van der Waals surface area contributed by atoms with Gasteiger partial charge in [0.15, 0.2) is 0 Å². The first-order valence-corrected chi connectivity index (χ1v) is 19.9. The van der Waals surface area contributed by atoms with E-state index in [0.29, 0.717) is 39.1 Å². The molecule has 2 aliphatic heterocycles. The molecule has 11 nitrogen and oxygen atoms in total. The van der Waals surface area contributed by atoms with E-state index in [4.69, 9.17) is 26.2 Å². The van der Waals surface area contributed by atoms with Gasteiger partial charge in [-0.2, -0.15) is 5.10 Å². The summed E-state index contributed by atoms with van der Waals surface area (Å²) in [5.74, 6) is -4.74. The largest absolute Gasteiger partial charge is 0.507 e. The molecule has 0 spiro atoms. The molecule has 290 valence electrons. The Balaban J connectivity index is 1.18. The van der Waals surface area contributed by atoms with Crippen molar-refractivity contribution in [2.45, 2.75) is 32.6 Å². The summed E-state index contributed by atoms with van der Waals surface area (Å²) in [5, 5.41) is 18.2. The number of imide groups is 2. The smallest absolute Gasteiger partial charge is 0.242 e. The predicted octanol–water partition coefficient (Wildman–Crippen LogP) is 8.06. The Morgan fingerprint density at radius 1 is 0.965 bits per heavy atom. The lowest BCUT2D eigenvalue weighted by atomic mass is 9.51. The normalized spacial score (nSPS) is 25.4. The number of fused-ring (bicyclic) bond motifs is 5. The number of hydrogen-bond acceptors (Lipinski definition) is 9. The molecule has 2 saturated heterocycles. The third kappa shape index (κ3) is 5.19. The Kier molecular flexibility index (Phi) is 8.53. The number of carbonyl (C=O) groups excluding carboxylic acids is 4. The standard InChI is InChI=1S/C44H39ClN4O7S/c1-7-22-8-11-24(12-9-22)48-40(51)27-14-13-26-29(36(27)42(48)53)19-30-41(52)49(43(54)44(30,3)38(26)37-32(50)17-25(55-5)18-33(37)56-6)35-20-31(46-47(35)4)39-21(2)28-16-23(45)10-15-34(28)57-39/h7-13,15-18,20,27,29-30,36,38,50H,1,14,19H2,2-6H3. The van der Waals surface area contributed by atoms with E-state index >= 15 is 9.59 Å². The van der Waals surface area contributed by atoms with Crippen molar-refractivity contribution < 1.29 is 33.8 Å². The van der Waals surface area contributed by atoms with E-state index in [1.807, 2.05) is 31.2 Å². The van der Waals surface area contributed by atoms with Gasteiger partial charge in [-0.1, -0.05) is 48.0 Å². The van der Waals surface area contributed by atoms with Crippen LogP contribution in [0.3, 0.4) is 0 Å². The van der Waals surface area contributed by atoms with Crippen LogP contribution in [0.25, 0.3) is 26.7 Å². The fraction of sp³-hybridized carbons (Fsp3) is 0.295. The average Bonchev–Trinajstić information content (AvgIpc) is 3.88. The topological polar surface area (TPSA) is 131 Å². The number of phenols is 1. The van der Waals surface area contributed by atoms with Gasteiger partial charge in [-0.25, -0.2) is 4.90 Å². The summed E-state index contributed by atoms with van der Waals surface area (Å²) in [5.41, 5.74) is 2.47. The van der Waals surface area contributed by atoms with E-state index in [2.05, 4.69) is 6.58 Å². The molecular formula is C44H39ClN4O7S. The number of anilines is 2. The maximum atomic E-state index is 15.3. The van der Waals surface area contributed by atoms with Gasteiger partial charge in [-0.05, 0) is 79.5 Å². The second-order valence-electron chi connectivity index (χ2n) is 15.4. The molecule has 57 heavy (non-hydrogen) atoms. The number of carbonyl (C=O) groups is 4. The number of aryl methyl sites for hydroxylation is 2. The molecule has 4 amide bonds. The molecule has 2 aromatic heterocycles. The van der Waals surface area contributed by atoms with E-state index < -0.39 is 46.8 Å². The first-order chi connectivity index (χ1) is 27.3. The van der Waals surface area contributed by atoms with Crippen LogP contribution >= 0.6 is 22.9 Å². The van der Waals surface area contributed by atoms with Crippen LogP contribution < -0.4 is 19.3 Å². The molecule has 4 aliphatic rings. The van der Waals surface area contributed by atoms with Crippen molar-refractivity contribution in [2.24, 2.45) is 36.1 Å². The lowest BCUT2D eigenvalue weighted by molar-refractivity contribution is -0.131. The number of allylic oxidation sites excluding steroid dienone is 2. The van der Waals surface area contributed by atoms with Gasteiger partial charge in [0.05, 0.1) is 48.0 Å². The number of aromatic nitrogens is 2. The van der Waals surface area contributed by atoms with Crippen LogP contribution in [0.4, 0.5) is 11.5 Å². The van der Waals surface area contributed by atoms with Gasteiger partial charge in [0.25, 0.3) is 0 Å². The molecule has 5 aromatic rings. The summed E-state index contributed by atoms with van der Waals surface area (Å²) in [4.78, 5) is 62.3. The Hall–Kier alpha value is -5.72. The van der Waals surface area contributed by atoms with Crippen LogP contribution in [0.2, 0.25) is 5.02 Å². The number of nitrogens with zero attached hydrogens (tertiary/aromatic N) is 4. The highest BCUT2D eigenvalue weighted by Gasteiger charge is 2.68. The fourth-order valence-electron chi connectivity index (χ4n) is 9.94. The highest BCUT2D eigenvalue weighted by atomic mass is 35.5. The summed E-state index contributed by atoms with van der Waals surface area (Å²) >= 11 is 7.88. The number of thiophene rings is 1. The third-order valence-electron chi connectivity index (χ3n) is 12.7. The molecule has 6 atom stereocenters. The number of ether oxygens (including phenoxy) is 2. The van der Waals surface area contributed by atoms with Gasteiger partial charge in [0, 0.05) is 46.5 Å². The number of hydrogen-bond donors (Lipinski definition) is 1. The van der Waals surface area contributed by atoms with Crippen molar-refractivity contribution in [3.05, 3.63) is 101 Å². The minimum absolute atomic E-state index is 0.142. The van der Waals surface area contributed by atoms with E-state index in [-0.39, 0.29) is 36.2 Å². The number of benzene rings is 3. The van der Waals surface area contributed by atoms with E-state index in [9.17, 15) is 14.7 Å². The Bertz CT molecular complexity index is 2630. The van der Waals surface area contributed by atoms with Crippen LogP contribution in [-0.4, -0.2) is 52.7 Å². The molecular weight excluding hydrogens is 764 g/mol. The van der Waals surface area contributed by atoms with Gasteiger partial charge >= 0.3 is 0 Å². The van der Waals surface area contributed by atoms with Crippen LogP contribution in [0, 0.1) is 36.0 Å². The SMILES string of the molecule is C=Cc1ccc(N2C(=O)C3CC=C4C(CC5C(=O)N(c6cc(-c7sc8ccc(Cl)cc8c7C)nn6C)C(=O)C5(C)C4c4c(O)cc(OC)cc4OC)C3C2=O)cc1. The zero-order valence-electron chi connectivity index (χ0n) is 31.9. The van der Waals surface area contributed by atoms with Crippen LogP contribution in [0.15, 0.2) is 78.9 Å². The first kappa shape index (κ1) is 36.9. The number of amides is 4. The highest BCUT2D eigenvalue weighted by molar-refractivity contribution is 7.22. The number of phenolic OH excluding ortho intramolecular Hbond substituents is 1. The number of aromatic hydroxyl groups is 1. The summed E-state index contributed by atoms with van der Waals surface area (Å²) in [6.07, 6.45) is 4.01. The number of rotatable bonds is 7. The third-order valence-corrected chi connectivity index (χ3v) is 14.2. The summed E-state index contributed by atoms with van der Waals surface area (Å²) in [6.45, 7) is 7.56. The van der Waals surface area contributed by atoms with Gasteiger partial charge < -0.3 is 14.6 Å². The summed E-state index contributed by atoms with van der Waals surface area (Å²) in [6, 6.07) is 17.6. The zero-order valence-corrected chi connectivity index (χ0v) is 33.5. The van der Waals surface area contributed by atoms with Gasteiger partial charge in [0.2, 0.25) is 23.6 Å². The predicted molar refractivity (Wildman–Crippen MR) is 219 cm³/mol. The molecule has 4 heterocycles. The molecule has 13 heteroatoms. The zero-order chi connectivity index (χ0) is 40.2. The van der Waals surface area contributed by atoms with Crippen LogP contribution in [0.5, 0.6) is 17.2 Å². The number of halogens is 1. The minimum atomic E-state index is -1.44. The van der Waals surface area contributed by atoms with Crippen LogP contribution in [-0.2, 0) is 26.2 Å². The lowest BCUT2D eigenvalue weighted by Gasteiger charge is -2.49. The van der Waals surface area contributed by atoms with Crippen molar-refractivity contribution in [1.29, 1.82) is 0 Å². The summed E-state index contributed by atoms with van der Waals surface area (Å²) < 4.78 is 13.9. The molecule has 0 radical (unpaired) electrons. The van der Waals surface area contributed by atoms with Crippen molar-refractivity contribution in [2.75, 3.05) is 24.0 Å². The quantitative estimate of drug-likeness (QED) is 0.129. The van der Waals surface area contributed by atoms with Crippen LogP contribution in [0.1, 0.15) is 42.4 Å². The van der Waals surface area contributed by atoms with Gasteiger partial charge in [-0.15, -0.1) is 11.3 Å². The number of methoxy groups -OCH3 is 2.